The van der Waals surface area contributed by atoms with Gasteiger partial charge in [0, 0.05) is 36.5 Å². The number of urea groups is 1. The number of carbonyl (C=O) groups is 1. The minimum Gasteiger partial charge on any atom is -0.307 e. The molecule has 2 N–H and O–H groups in total. The van der Waals surface area contributed by atoms with Crippen LogP contribution in [-0.4, -0.2) is 20.9 Å². The van der Waals surface area contributed by atoms with E-state index in [-0.39, 0.29) is 24.5 Å². The zero-order chi connectivity index (χ0) is 22.2. The van der Waals surface area contributed by atoms with Crippen molar-refractivity contribution in [2.24, 2.45) is 0 Å². The third kappa shape index (κ3) is 6.08. The zero-order valence-electron chi connectivity index (χ0n) is 16.3. The lowest BCUT2D eigenvalue weighted by Gasteiger charge is -2.24. The van der Waals surface area contributed by atoms with Gasteiger partial charge in [0.05, 0.1) is 16.4 Å². The van der Waals surface area contributed by atoms with Crippen LogP contribution in [0.4, 0.5) is 21.9 Å². The molecule has 3 aromatic carbocycles. The molecule has 31 heavy (non-hydrogen) atoms. The van der Waals surface area contributed by atoms with Gasteiger partial charge in [-0.25, -0.2) is 10.2 Å². The van der Waals surface area contributed by atoms with Gasteiger partial charge < -0.3 is 5.32 Å². The largest absolute Gasteiger partial charge is 0.336 e. The maximum absolute atomic E-state index is 12.8. The van der Waals surface area contributed by atoms with Gasteiger partial charge in [-0.2, -0.15) is 0 Å². The summed E-state index contributed by atoms with van der Waals surface area (Å²) in [5.74, 6) is 0. The van der Waals surface area contributed by atoms with Crippen LogP contribution in [-0.2, 0) is 13.1 Å². The van der Waals surface area contributed by atoms with Crippen molar-refractivity contribution in [1.82, 2.24) is 10.4 Å². The predicted molar refractivity (Wildman–Crippen MR) is 114 cm³/mol. The Balaban J connectivity index is 1.78. The highest BCUT2D eigenvalue weighted by molar-refractivity contribution is 5.88. The first-order valence-corrected chi connectivity index (χ1v) is 9.26. The van der Waals surface area contributed by atoms with Crippen LogP contribution in [0.1, 0.15) is 11.1 Å². The predicted octanol–water partition coefficient (Wildman–Crippen LogP) is 4.24. The molecule has 0 aromatic heterocycles. The Labute approximate surface area is 177 Å². The van der Waals surface area contributed by atoms with Crippen LogP contribution in [0, 0.1) is 20.2 Å². The summed E-state index contributed by atoms with van der Waals surface area (Å²) in [5, 5.41) is 26.1. The third-order valence-corrected chi connectivity index (χ3v) is 4.33. The molecule has 0 radical (unpaired) electrons. The van der Waals surface area contributed by atoms with Crippen molar-refractivity contribution in [2.45, 2.75) is 13.1 Å². The van der Waals surface area contributed by atoms with Gasteiger partial charge in [0.25, 0.3) is 11.4 Å². The molecule has 10 heteroatoms. The van der Waals surface area contributed by atoms with Crippen molar-refractivity contribution in [2.75, 3.05) is 5.32 Å². The Kier molecular flexibility index (Phi) is 6.86. The van der Waals surface area contributed by atoms with Crippen molar-refractivity contribution < 1.29 is 14.6 Å². The second-order valence-corrected chi connectivity index (χ2v) is 6.57. The summed E-state index contributed by atoms with van der Waals surface area (Å²) in [6, 6.07) is 20.4. The van der Waals surface area contributed by atoms with E-state index in [9.17, 15) is 25.0 Å². The molecule has 0 aliphatic carbocycles. The second kappa shape index (κ2) is 9.94. The molecule has 2 amide bonds. The van der Waals surface area contributed by atoms with Gasteiger partial charge in [-0.15, -0.1) is 0 Å². The number of nitro benzene ring substituents is 2. The number of nitrogens with one attached hydrogen (secondary N) is 2. The highest BCUT2D eigenvalue weighted by Gasteiger charge is 2.16. The molecular weight excluding hydrogens is 402 g/mol. The lowest BCUT2D eigenvalue weighted by atomic mass is 10.2. The number of carbonyl (C=O) groups excluding carboxylic acids is 1. The SMILES string of the molecule is O=C(Nc1ccccc1)N(Cc1cccc([N+](=O)[O-])c1)NCc1cccc([N+](=O)[O-])c1. The fourth-order valence-corrected chi connectivity index (χ4v) is 2.83. The minimum atomic E-state index is -0.506. The molecule has 0 aliphatic heterocycles. The fourth-order valence-electron chi connectivity index (χ4n) is 2.83. The van der Waals surface area contributed by atoms with E-state index in [1.54, 1.807) is 48.5 Å². The molecule has 3 aromatic rings. The first kappa shape index (κ1) is 21.4. The van der Waals surface area contributed by atoms with Crippen LogP contribution in [0.5, 0.6) is 0 Å². The number of hydrazine groups is 1. The van der Waals surface area contributed by atoms with Gasteiger partial charge in [-0.1, -0.05) is 42.5 Å². The average Bonchev–Trinajstić information content (AvgIpc) is 2.77. The molecule has 0 saturated carbocycles. The summed E-state index contributed by atoms with van der Waals surface area (Å²) in [5.41, 5.74) is 4.53. The van der Waals surface area contributed by atoms with Gasteiger partial charge >= 0.3 is 6.03 Å². The van der Waals surface area contributed by atoms with Crippen LogP contribution in [0.15, 0.2) is 78.9 Å². The summed E-state index contributed by atoms with van der Waals surface area (Å²) < 4.78 is 0. The molecule has 3 rings (SSSR count). The van der Waals surface area contributed by atoms with Gasteiger partial charge in [-0.05, 0) is 23.3 Å². The first-order chi connectivity index (χ1) is 14.9. The van der Waals surface area contributed by atoms with Crippen LogP contribution in [0.2, 0.25) is 0 Å². The van der Waals surface area contributed by atoms with Gasteiger partial charge in [-0.3, -0.25) is 25.2 Å². The van der Waals surface area contributed by atoms with E-state index in [0.29, 0.717) is 16.8 Å². The van der Waals surface area contributed by atoms with E-state index in [1.807, 2.05) is 6.07 Å². The molecule has 0 fully saturated rings. The molecule has 0 saturated heterocycles. The maximum Gasteiger partial charge on any atom is 0.336 e. The van der Waals surface area contributed by atoms with E-state index in [0.717, 1.165) is 0 Å². The summed E-state index contributed by atoms with van der Waals surface area (Å²) in [7, 11) is 0. The molecule has 10 nitrogen and oxygen atoms in total. The number of amides is 2. The lowest BCUT2D eigenvalue weighted by Crippen LogP contribution is -2.44. The molecule has 0 atom stereocenters. The van der Waals surface area contributed by atoms with Crippen LogP contribution in [0.25, 0.3) is 0 Å². The second-order valence-electron chi connectivity index (χ2n) is 6.57. The van der Waals surface area contributed by atoms with Crippen molar-refractivity contribution >= 4 is 23.1 Å². The molecule has 0 bridgehead atoms. The Hall–Kier alpha value is -4.31. The standard InChI is InChI=1S/C21H19N5O5/c27-21(23-18-8-2-1-3-9-18)24(15-17-7-5-11-20(13-17)26(30)31)22-14-16-6-4-10-19(12-16)25(28)29/h1-13,22H,14-15H2,(H,23,27). The van der Waals surface area contributed by atoms with E-state index in [2.05, 4.69) is 10.7 Å². The number of hydrogen-bond acceptors (Lipinski definition) is 6. The number of nitro groups is 2. The van der Waals surface area contributed by atoms with Gasteiger partial charge in [0.2, 0.25) is 0 Å². The Morgan fingerprint density at radius 1 is 0.806 bits per heavy atom. The number of benzene rings is 3. The third-order valence-electron chi connectivity index (χ3n) is 4.33. The highest BCUT2D eigenvalue weighted by atomic mass is 16.6. The first-order valence-electron chi connectivity index (χ1n) is 9.26. The van der Waals surface area contributed by atoms with Crippen LogP contribution in [0.3, 0.4) is 0 Å². The fraction of sp³-hybridized carbons (Fsp3) is 0.0952. The number of para-hydroxylation sites is 1. The number of non-ortho nitro benzene ring substituents is 2. The number of hydrogen-bond donors (Lipinski definition) is 2. The Morgan fingerprint density at radius 2 is 1.39 bits per heavy atom. The highest BCUT2D eigenvalue weighted by Crippen LogP contribution is 2.16. The van der Waals surface area contributed by atoms with Crippen molar-refractivity contribution in [1.29, 1.82) is 0 Å². The number of rotatable bonds is 8. The smallest absolute Gasteiger partial charge is 0.307 e. The van der Waals surface area contributed by atoms with Crippen LogP contribution < -0.4 is 10.7 Å². The Morgan fingerprint density at radius 3 is 2.00 bits per heavy atom. The lowest BCUT2D eigenvalue weighted by molar-refractivity contribution is -0.385. The van der Waals surface area contributed by atoms with Gasteiger partial charge in [0.15, 0.2) is 0 Å². The summed E-state index contributed by atoms with van der Waals surface area (Å²) in [4.78, 5) is 33.9. The van der Waals surface area contributed by atoms with Crippen molar-refractivity contribution in [3.8, 4) is 0 Å². The molecule has 0 unspecified atom stereocenters. The summed E-state index contributed by atoms with van der Waals surface area (Å²) in [6.07, 6.45) is 0. The van der Waals surface area contributed by atoms with Gasteiger partial charge in [0.1, 0.15) is 0 Å². The van der Waals surface area contributed by atoms with Crippen LogP contribution >= 0.6 is 0 Å². The summed E-state index contributed by atoms with van der Waals surface area (Å²) in [6.45, 7) is 0.175. The monoisotopic (exact) mass is 421 g/mol. The average molecular weight is 421 g/mol. The van der Waals surface area contributed by atoms with E-state index < -0.39 is 15.9 Å². The Bertz CT molecular complexity index is 1090. The minimum absolute atomic E-state index is 0.0370. The molecule has 0 heterocycles. The molecular formula is C21H19N5O5. The molecule has 0 aliphatic rings. The zero-order valence-corrected chi connectivity index (χ0v) is 16.3. The number of anilines is 1. The maximum atomic E-state index is 12.8. The molecule has 0 spiro atoms. The van der Waals surface area contributed by atoms with E-state index in [4.69, 9.17) is 0 Å². The van der Waals surface area contributed by atoms with E-state index >= 15 is 0 Å². The number of nitrogens with zero attached hydrogens (tertiary/aromatic N) is 3. The van der Waals surface area contributed by atoms with Crippen molar-refractivity contribution in [3.05, 3.63) is 110 Å². The van der Waals surface area contributed by atoms with Crippen molar-refractivity contribution in [3.63, 3.8) is 0 Å². The summed E-state index contributed by atoms with van der Waals surface area (Å²) >= 11 is 0. The molecule has 158 valence electrons. The van der Waals surface area contributed by atoms with E-state index in [1.165, 1.54) is 29.3 Å². The topological polar surface area (TPSA) is 131 Å². The normalized spacial score (nSPS) is 10.3. The quantitative estimate of drug-likeness (QED) is 0.413.